The smallest absolute Gasteiger partial charge is 0.293 e. The summed E-state index contributed by atoms with van der Waals surface area (Å²) in [5.41, 5.74) is 0.846. The quantitative estimate of drug-likeness (QED) is 0.442. The van der Waals surface area contributed by atoms with Crippen LogP contribution in [0, 0.1) is 16.0 Å². The lowest BCUT2D eigenvalue weighted by Gasteiger charge is -2.22. The zero-order chi connectivity index (χ0) is 13.7. The van der Waals surface area contributed by atoms with Crippen molar-refractivity contribution in [2.75, 3.05) is 18.5 Å². The summed E-state index contributed by atoms with van der Waals surface area (Å²) in [5, 5.41) is 11.0. The Labute approximate surface area is 107 Å². The van der Waals surface area contributed by atoms with Gasteiger partial charge in [0.15, 0.2) is 0 Å². The fraction of sp³-hybridized carbons (Fsp3) is 0.462. The van der Waals surface area contributed by atoms with Gasteiger partial charge in [-0.25, -0.2) is 0 Å². The number of hydrogen-bond donors (Lipinski definition) is 0. The number of nitro groups is 1. The minimum absolute atomic E-state index is 0.0228. The van der Waals surface area contributed by atoms with E-state index in [9.17, 15) is 14.9 Å². The number of anilines is 1. The highest BCUT2D eigenvalue weighted by atomic mass is 16.6. The van der Waals surface area contributed by atoms with Crippen molar-refractivity contribution in [2.45, 2.75) is 20.3 Å². The second-order valence-electron chi connectivity index (χ2n) is 4.52. The van der Waals surface area contributed by atoms with E-state index in [1.165, 1.54) is 6.07 Å². The van der Waals surface area contributed by atoms with Crippen molar-refractivity contribution in [3.63, 3.8) is 0 Å². The SMILES string of the molecule is CCC(C)CN(C)c1ccc(C=O)cc1[N+](=O)[O-]. The van der Waals surface area contributed by atoms with Crippen LogP contribution in [-0.4, -0.2) is 24.8 Å². The Hall–Kier alpha value is -1.91. The molecule has 98 valence electrons. The van der Waals surface area contributed by atoms with E-state index < -0.39 is 4.92 Å². The predicted octanol–water partition coefficient (Wildman–Crippen LogP) is 2.89. The fourth-order valence-electron chi connectivity index (χ4n) is 1.78. The molecule has 0 saturated carbocycles. The van der Waals surface area contributed by atoms with Gasteiger partial charge in [0.25, 0.3) is 5.69 Å². The Bertz CT molecular complexity index is 446. The maximum Gasteiger partial charge on any atom is 0.293 e. The number of carbonyl (C=O) groups excluding carboxylic acids is 1. The second kappa shape index (κ2) is 6.14. The first kappa shape index (κ1) is 14.2. The van der Waals surface area contributed by atoms with Crippen molar-refractivity contribution in [1.82, 2.24) is 0 Å². The van der Waals surface area contributed by atoms with Gasteiger partial charge in [-0.1, -0.05) is 20.3 Å². The molecule has 18 heavy (non-hydrogen) atoms. The van der Waals surface area contributed by atoms with E-state index in [1.54, 1.807) is 12.1 Å². The van der Waals surface area contributed by atoms with Gasteiger partial charge >= 0.3 is 0 Å². The van der Waals surface area contributed by atoms with Gasteiger partial charge in [-0.05, 0) is 18.1 Å². The lowest BCUT2D eigenvalue weighted by atomic mass is 10.1. The summed E-state index contributed by atoms with van der Waals surface area (Å²) < 4.78 is 0. The molecule has 0 aliphatic carbocycles. The number of nitrogens with zero attached hydrogens (tertiary/aromatic N) is 2. The van der Waals surface area contributed by atoms with E-state index in [0.717, 1.165) is 13.0 Å². The molecule has 0 saturated heterocycles. The molecule has 0 radical (unpaired) electrons. The van der Waals surface area contributed by atoms with E-state index in [4.69, 9.17) is 0 Å². The number of carbonyl (C=O) groups is 1. The molecule has 1 rings (SSSR count). The van der Waals surface area contributed by atoms with Crippen molar-refractivity contribution >= 4 is 17.7 Å². The van der Waals surface area contributed by atoms with Crippen molar-refractivity contribution in [2.24, 2.45) is 5.92 Å². The van der Waals surface area contributed by atoms with Crippen LogP contribution in [0.5, 0.6) is 0 Å². The molecule has 0 aromatic heterocycles. The molecular formula is C13H18N2O3. The van der Waals surface area contributed by atoms with Crippen LogP contribution in [0.4, 0.5) is 11.4 Å². The molecule has 0 fully saturated rings. The highest BCUT2D eigenvalue weighted by molar-refractivity contribution is 5.79. The monoisotopic (exact) mass is 250 g/mol. The largest absolute Gasteiger partial charge is 0.369 e. The van der Waals surface area contributed by atoms with Crippen molar-refractivity contribution < 1.29 is 9.72 Å². The number of benzene rings is 1. The first-order valence-electron chi connectivity index (χ1n) is 5.94. The Morgan fingerprint density at radius 1 is 1.50 bits per heavy atom. The van der Waals surface area contributed by atoms with Gasteiger partial charge < -0.3 is 4.90 Å². The molecule has 0 spiro atoms. The summed E-state index contributed by atoms with van der Waals surface area (Å²) in [7, 11) is 1.83. The van der Waals surface area contributed by atoms with Crippen LogP contribution >= 0.6 is 0 Å². The fourth-order valence-corrected chi connectivity index (χ4v) is 1.78. The molecule has 1 atom stereocenters. The standard InChI is InChI=1S/C13H18N2O3/c1-4-10(2)8-14(3)12-6-5-11(9-16)7-13(12)15(17)18/h5-7,9-10H,4,8H2,1-3H3. The van der Waals surface area contributed by atoms with E-state index in [0.29, 0.717) is 23.5 Å². The molecule has 1 unspecified atom stereocenters. The minimum atomic E-state index is -0.449. The van der Waals surface area contributed by atoms with Crippen LogP contribution in [0.2, 0.25) is 0 Å². The summed E-state index contributed by atoms with van der Waals surface area (Å²) in [5.74, 6) is 0.459. The van der Waals surface area contributed by atoms with Crippen LogP contribution in [0.15, 0.2) is 18.2 Å². The molecule has 0 heterocycles. The van der Waals surface area contributed by atoms with Crippen LogP contribution in [0.3, 0.4) is 0 Å². The van der Waals surface area contributed by atoms with Crippen LogP contribution in [0.25, 0.3) is 0 Å². The van der Waals surface area contributed by atoms with E-state index >= 15 is 0 Å². The Kier molecular flexibility index (Phi) is 4.83. The van der Waals surface area contributed by atoms with Crippen molar-refractivity contribution in [3.05, 3.63) is 33.9 Å². The van der Waals surface area contributed by atoms with Gasteiger partial charge in [0.1, 0.15) is 12.0 Å². The van der Waals surface area contributed by atoms with Gasteiger partial charge in [0, 0.05) is 25.2 Å². The first-order chi connectivity index (χ1) is 8.49. The predicted molar refractivity (Wildman–Crippen MR) is 71.2 cm³/mol. The van der Waals surface area contributed by atoms with Gasteiger partial charge in [0.2, 0.25) is 0 Å². The average molecular weight is 250 g/mol. The molecular weight excluding hydrogens is 232 g/mol. The molecule has 0 aliphatic rings. The lowest BCUT2D eigenvalue weighted by Crippen LogP contribution is -2.24. The summed E-state index contributed by atoms with van der Waals surface area (Å²) in [6, 6.07) is 4.54. The summed E-state index contributed by atoms with van der Waals surface area (Å²) in [6.45, 7) is 4.93. The molecule has 0 aliphatic heterocycles. The number of rotatable bonds is 6. The van der Waals surface area contributed by atoms with Gasteiger partial charge in [-0.2, -0.15) is 0 Å². The first-order valence-corrected chi connectivity index (χ1v) is 5.94. The third-order valence-corrected chi connectivity index (χ3v) is 3.03. The maximum absolute atomic E-state index is 11.0. The summed E-state index contributed by atoms with van der Waals surface area (Å²) in [6.07, 6.45) is 1.63. The molecule has 0 N–H and O–H groups in total. The summed E-state index contributed by atoms with van der Waals surface area (Å²) >= 11 is 0. The van der Waals surface area contributed by atoms with Gasteiger partial charge in [-0.15, -0.1) is 0 Å². The van der Waals surface area contributed by atoms with Crippen LogP contribution in [0.1, 0.15) is 30.6 Å². The lowest BCUT2D eigenvalue weighted by molar-refractivity contribution is -0.384. The molecule has 5 nitrogen and oxygen atoms in total. The van der Waals surface area contributed by atoms with Crippen LogP contribution in [-0.2, 0) is 0 Å². The van der Waals surface area contributed by atoms with Crippen molar-refractivity contribution in [3.8, 4) is 0 Å². The maximum atomic E-state index is 11.0. The van der Waals surface area contributed by atoms with Gasteiger partial charge in [0.05, 0.1) is 4.92 Å². The third-order valence-electron chi connectivity index (χ3n) is 3.03. The number of nitro benzene ring substituents is 1. The third kappa shape index (κ3) is 3.29. The highest BCUT2D eigenvalue weighted by Crippen LogP contribution is 2.28. The summed E-state index contributed by atoms with van der Waals surface area (Å²) in [4.78, 5) is 23.1. The zero-order valence-electron chi connectivity index (χ0n) is 10.9. The minimum Gasteiger partial charge on any atom is -0.369 e. The molecule has 1 aromatic rings. The zero-order valence-corrected chi connectivity index (χ0v) is 10.9. The van der Waals surface area contributed by atoms with Gasteiger partial charge in [-0.3, -0.25) is 14.9 Å². The van der Waals surface area contributed by atoms with E-state index in [2.05, 4.69) is 13.8 Å². The molecule has 0 bridgehead atoms. The number of aldehydes is 1. The van der Waals surface area contributed by atoms with Crippen molar-refractivity contribution in [1.29, 1.82) is 0 Å². The Balaban J connectivity index is 3.07. The normalized spacial score (nSPS) is 11.9. The average Bonchev–Trinajstić information content (AvgIpc) is 2.37. The topological polar surface area (TPSA) is 63.5 Å². The van der Waals surface area contributed by atoms with E-state index in [-0.39, 0.29) is 5.69 Å². The molecule has 5 heteroatoms. The Morgan fingerprint density at radius 2 is 2.17 bits per heavy atom. The highest BCUT2D eigenvalue weighted by Gasteiger charge is 2.18. The Morgan fingerprint density at radius 3 is 2.67 bits per heavy atom. The second-order valence-corrected chi connectivity index (χ2v) is 4.52. The number of hydrogen-bond acceptors (Lipinski definition) is 4. The molecule has 1 aromatic carbocycles. The van der Waals surface area contributed by atoms with E-state index in [1.807, 2.05) is 11.9 Å². The molecule has 0 amide bonds. The van der Waals surface area contributed by atoms with Crippen LogP contribution < -0.4 is 4.90 Å².